The topological polar surface area (TPSA) is 0 Å². The van der Waals surface area contributed by atoms with Crippen LogP contribution in [0.2, 0.25) is 0 Å². The number of hydrogen-bond donors (Lipinski definition) is 0. The first-order chi connectivity index (χ1) is 14.2. The fraction of sp³-hybridized carbons (Fsp3) is 0.931. The van der Waals surface area contributed by atoms with Gasteiger partial charge < -0.3 is 0 Å². The summed E-state index contributed by atoms with van der Waals surface area (Å²) in [5.41, 5.74) is 0.981. The zero-order valence-corrected chi connectivity index (χ0v) is 21.4. The Morgan fingerprint density at radius 1 is 0.900 bits per heavy atom. The molecule has 0 aromatic heterocycles. The monoisotopic (exact) mass is 432 g/mol. The molecule has 4 rings (SSSR count). The zero-order chi connectivity index (χ0) is 21.7. The van der Waals surface area contributed by atoms with Crippen LogP contribution in [0.15, 0.2) is 12.7 Å². The second kappa shape index (κ2) is 8.43. The van der Waals surface area contributed by atoms with Crippen LogP contribution in [-0.2, 0) is 0 Å². The van der Waals surface area contributed by atoms with Gasteiger partial charge in [0.05, 0.1) is 4.87 Å². The van der Waals surface area contributed by atoms with E-state index in [0.717, 1.165) is 35.5 Å². The third-order valence-electron chi connectivity index (χ3n) is 11.5. The van der Waals surface area contributed by atoms with Crippen molar-refractivity contribution in [3.63, 3.8) is 0 Å². The van der Waals surface area contributed by atoms with E-state index in [9.17, 15) is 0 Å². The maximum Gasteiger partial charge on any atom is 0.0503 e. The van der Waals surface area contributed by atoms with Crippen molar-refractivity contribution >= 4 is 11.6 Å². The highest BCUT2D eigenvalue weighted by molar-refractivity contribution is 6.24. The lowest BCUT2D eigenvalue weighted by Gasteiger charge is -2.63. The lowest BCUT2D eigenvalue weighted by Crippen LogP contribution is -2.59. The van der Waals surface area contributed by atoms with Crippen molar-refractivity contribution in [1.82, 2.24) is 0 Å². The summed E-state index contributed by atoms with van der Waals surface area (Å²) in [5.74, 6) is 6.02. The SMILES string of the molecule is C=C[C@H](CC[C@@H](C)[C@H]1CC[C@H]2[C@@H]3CCC4(Cl)CCCC[C@]4(C)[C@H]3CC[C@]12C)C(C)C. The smallest absolute Gasteiger partial charge is 0.0503 e. The minimum atomic E-state index is 0.113. The van der Waals surface area contributed by atoms with Gasteiger partial charge in [-0.1, -0.05) is 53.5 Å². The van der Waals surface area contributed by atoms with Crippen molar-refractivity contribution in [2.75, 3.05) is 0 Å². The summed E-state index contributed by atoms with van der Waals surface area (Å²) in [6.45, 7) is 16.7. The predicted molar refractivity (Wildman–Crippen MR) is 132 cm³/mol. The molecule has 0 radical (unpaired) electrons. The van der Waals surface area contributed by atoms with Gasteiger partial charge in [-0.05, 0) is 116 Å². The maximum atomic E-state index is 7.40. The third kappa shape index (κ3) is 3.54. The van der Waals surface area contributed by atoms with Gasteiger partial charge in [0, 0.05) is 0 Å². The maximum absolute atomic E-state index is 7.40. The number of fused-ring (bicyclic) bond motifs is 5. The summed E-state index contributed by atoms with van der Waals surface area (Å²) in [6.07, 6.45) is 19.0. The van der Waals surface area contributed by atoms with Gasteiger partial charge in [0.25, 0.3) is 0 Å². The van der Waals surface area contributed by atoms with E-state index in [4.69, 9.17) is 11.6 Å². The highest BCUT2D eigenvalue weighted by Gasteiger charge is 2.63. The first-order valence-corrected chi connectivity index (χ1v) is 13.9. The minimum absolute atomic E-state index is 0.113. The number of rotatable bonds is 6. The average molecular weight is 433 g/mol. The molecule has 0 aromatic carbocycles. The molecule has 9 atom stereocenters. The molecular weight excluding hydrogens is 384 g/mol. The molecule has 30 heavy (non-hydrogen) atoms. The van der Waals surface area contributed by atoms with Crippen molar-refractivity contribution in [1.29, 1.82) is 0 Å². The van der Waals surface area contributed by atoms with Crippen LogP contribution in [-0.4, -0.2) is 4.87 Å². The van der Waals surface area contributed by atoms with Crippen LogP contribution in [0.1, 0.15) is 112 Å². The largest absolute Gasteiger partial charge is 0.119 e. The molecule has 0 nitrogen and oxygen atoms in total. The highest BCUT2D eigenvalue weighted by atomic mass is 35.5. The first kappa shape index (κ1) is 23.2. The Hall–Kier alpha value is 0.0300. The molecule has 0 bridgehead atoms. The van der Waals surface area contributed by atoms with Gasteiger partial charge in [-0.3, -0.25) is 0 Å². The standard InChI is InChI=1S/C29H49Cl/c1-7-22(20(2)3)11-10-21(4)24-12-13-25-23-14-19-29(30)17-9-8-16-28(29,6)26(23)15-18-27(24,25)5/h7,20-26H,1,8-19H2,2-6H3/t21-,22-,23+,24-,25+,26+,27-,28-,29?/m1/s1. The van der Waals surface area contributed by atoms with E-state index in [2.05, 4.69) is 47.3 Å². The Bertz CT molecular complexity index is 624. The Labute approximate surface area is 193 Å². The second-order valence-electron chi connectivity index (χ2n) is 12.9. The van der Waals surface area contributed by atoms with Crippen LogP contribution in [0.5, 0.6) is 0 Å². The van der Waals surface area contributed by atoms with Crippen molar-refractivity contribution in [3.05, 3.63) is 12.7 Å². The normalized spacial score (nSPS) is 47.8. The molecule has 0 aromatic rings. The Morgan fingerprint density at radius 3 is 2.33 bits per heavy atom. The Balaban J connectivity index is 1.48. The average Bonchev–Trinajstić information content (AvgIpc) is 3.05. The van der Waals surface area contributed by atoms with Gasteiger partial charge in [0.1, 0.15) is 0 Å². The van der Waals surface area contributed by atoms with E-state index in [1.807, 2.05) is 0 Å². The lowest BCUT2D eigenvalue weighted by molar-refractivity contribution is -0.105. The van der Waals surface area contributed by atoms with Crippen LogP contribution >= 0.6 is 11.6 Å². The second-order valence-corrected chi connectivity index (χ2v) is 13.7. The van der Waals surface area contributed by atoms with Crippen LogP contribution in [0.4, 0.5) is 0 Å². The van der Waals surface area contributed by atoms with Gasteiger partial charge in [-0.15, -0.1) is 18.2 Å². The molecule has 0 saturated heterocycles. The molecule has 172 valence electrons. The molecule has 0 heterocycles. The first-order valence-electron chi connectivity index (χ1n) is 13.5. The van der Waals surface area contributed by atoms with Crippen LogP contribution in [0.25, 0.3) is 0 Å². The summed E-state index contributed by atoms with van der Waals surface area (Å²) in [7, 11) is 0. The number of halogens is 1. The van der Waals surface area contributed by atoms with Crippen molar-refractivity contribution in [2.24, 2.45) is 52.3 Å². The van der Waals surface area contributed by atoms with Crippen LogP contribution in [0.3, 0.4) is 0 Å². The van der Waals surface area contributed by atoms with Gasteiger partial charge in [-0.2, -0.15) is 0 Å². The Morgan fingerprint density at radius 2 is 1.63 bits per heavy atom. The van der Waals surface area contributed by atoms with Gasteiger partial charge >= 0.3 is 0 Å². The van der Waals surface area contributed by atoms with Gasteiger partial charge in [0.2, 0.25) is 0 Å². The lowest BCUT2D eigenvalue weighted by atomic mass is 9.44. The van der Waals surface area contributed by atoms with E-state index in [1.165, 1.54) is 77.0 Å². The fourth-order valence-corrected chi connectivity index (χ4v) is 10.0. The molecule has 4 aliphatic rings. The fourth-order valence-electron chi connectivity index (χ4n) is 9.57. The van der Waals surface area contributed by atoms with E-state index in [1.54, 1.807) is 0 Å². The number of alkyl halides is 1. The minimum Gasteiger partial charge on any atom is -0.119 e. The molecule has 0 N–H and O–H groups in total. The summed E-state index contributed by atoms with van der Waals surface area (Å²) in [4.78, 5) is 0.113. The number of hydrogen-bond acceptors (Lipinski definition) is 0. The summed E-state index contributed by atoms with van der Waals surface area (Å²) < 4.78 is 0. The summed E-state index contributed by atoms with van der Waals surface area (Å²) in [5, 5.41) is 0. The molecule has 0 aliphatic heterocycles. The van der Waals surface area contributed by atoms with Crippen molar-refractivity contribution in [2.45, 2.75) is 117 Å². The summed E-state index contributed by atoms with van der Waals surface area (Å²) in [6, 6.07) is 0. The van der Waals surface area contributed by atoms with Gasteiger partial charge in [0.15, 0.2) is 0 Å². The molecule has 1 heteroatoms. The summed E-state index contributed by atoms with van der Waals surface area (Å²) >= 11 is 7.40. The van der Waals surface area contributed by atoms with E-state index >= 15 is 0 Å². The quantitative estimate of drug-likeness (QED) is 0.289. The van der Waals surface area contributed by atoms with Crippen molar-refractivity contribution < 1.29 is 0 Å². The van der Waals surface area contributed by atoms with E-state index in [0.29, 0.717) is 16.7 Å². The Kier molecular flexibility index (Phi) is 6.51. The molecule has 0 spiro atoms. The molecule has 0 amide bonds. The molecule has 1 unspecified atom stereocenters. The predicted octanol–water partition coefficient (Wildman–Crippen LogP) is 9.27. The third-order valence-corrected chi connectivity index (χ3v) is 12.4. The molecule has 4 fully saturated rings. The molecule has 4 aliphatic carbocycles. The number of allylic oxidation sites excluding steroid dienone is 1. The highest BCUT2D eigenvalue weighted by Crippen LogP contribution is 2.70. The van der Waals surface area contributed by atoms with Crippen LogP contribution in [0, 0.1) is 52.3 Å². The van der Waals surface area contributed by atoms with Crippen LogP contribution < -0.4 is 0 Å². The van der Waals surface area contributed by atoms with E-state index in [-0.39, 0.29) is 4.87 Å². The van der Waals surface area contributed by atoms with E-state index < -0.39 is 0 Å². The molecular formula is C29H49Cl. The van der Waals surface area contributed by atoms with Crippen molar-refractivity contribution in [3.8, 4) is 0 Å². The van der Waals surface area contributed by atoms with Gasteiger partial charge in [-0.25, -0.2) is 0 Å². The molecule has 4 saturated carbocycles. The zero-order valence-electron chi connectivity index (χ0n) is 20.7.